The Morgan fingerprint density at radius 3 is 2.32 bits per heavy atom. The lowest BCUT2D eigenvalue weighted by Crippen LogP contribution is -2.31. The molecule has 0 saturated carbocycles. The van der Waals surface area contributed by atoms with Crippen molar-refractivity contribution in [3.05, 3.63) is 94.5 Å². The lowest BCUT2D eigenvalue weighted by molar-refractivity contribution is 0.0953. The molecule has 7 heteroatoms. The fourth-order valence-corrected chi connectivity index (χ4v) is 4.84. The number of nitrogens with zero attached hydrogens (tertiary/aromatic N) is 1. The molecule has 0 saturated heterocycles. The number of hydrogen-bond donors (Lipinski definition) is 1. The zero-order chi connectivity index (χ0) is 22.4. The van der Waals surface area contributed by atoms with Gasteiger partial charge in [0.15, 0.2) is 0 Å². The summed E-state index contributed by atoms with van der Waals surface area (Å²) in [5.74, 6) is -0.146. The molecule has 1 amide bonds. The maximum absolute atomic E-state index is 13.5. The van der Waals surface area contributed by atoms with Crippen LogP contribution in [-0.2, 0) is 16.6 Å². The molecule has 0 bridgehead atoms. The minimum absolute atomic E-state index is 0.106. The number of anilines is 1. The normalized spacial score (nSPS) is 11.2. The zero-order valence-electron chi connectivity index (χ0n) is 17.5. The minimum Gasteiger partial charge on any atom is -0.352 e. The van der Waals surface area contributed by atoms with E-state index in [0.29, 0.717) is 22.8 Å². The molecule has 3 aromatic rings. The number of carbonyl (C=O) groups is 1. The van der Waals surface area contributed by atoms with E-state index < -0.39 is 10.0 Å². The smallest absolute Gasteiger partial charge is 0.264 e. The van der Waals surface area contributed by atoms with Crippen molar-refractivity contribution in [2.75, 3.05) is 10.8 Å². The highest BCUT2D eigenvalue weighted by molar-refractivity contribution is 7.92. The van der Waals surface area contributed by atoms with Crippen molar-refractivity contribution in [3.8, 4) is 0 Å². The van der Waals surface area contributed by atoms with E-state index in [2.05, 4.69) is 5.32 Å². The Bertz CT molecular complexity index is 1150. The average molecular weight is 457 g/mol. The van der Waals surface area contributed by atoms with Crippen LogP contribution in [-0.4, -0.2) is 20.9 Å². The SMILES string of the molecule is CCCNC(=O)c1ccc(CN(c2cc(Cl)ccc2C)S(=O)(=O)c2ccccc2)cc1. The van der Waals surface area contributed by atoms with E-state index in [9.17, 15) is 13.2 Å². The lowest BCUT2D eigenvalue weighted by atomic mass is 10.1. The molecular formula is C24H25ClN2O3S. The third kappa shape index (κ3) is 5.46. The molecule has 0 heterocycles. The van der Waals surface area contributed by atoms with Crippen LogP contribution in [0.4, 0.5) is 5.69 Å². The van der Waals surface area contributed by atoms with Crippen LogP contribution >= 0.6 is 11.6 Å². The number of benzene rings is 3. The fraction of sp³-hybridized carbons (Fsp3) is 0.208. The molecule has 0 radical (unpaired) electrons. The van der Waals surface area contributed by atoms with E-state index in [1.54, 1.807) is 72.8 Å². The second kappa shape index (κ2) is 9.98. The van der Waals surface area contributed by atoms with Crippen LogP contribution < -0.4 is 9.62 Å². The van der Waals surface area contributed by atoms with Gasteiger partial charge in [-0.25, -0.2) is 8.42 Å². The topological polar surface area (TPSA) is 66.5 Å². The molecule has 3 rings (SSSR count). The average Bonchev–Trinajstić information content (AvgIpc) is 2.78. The minimum atomic E-state index is -3.83. The largest absolute Gasteiger partial charge is 0.352 e. The number of hydrogen-bond acceptors (Lipinski definition) is 3. The van der Waals surface area contributed by atoms with Crippen LogP contribution in [0.5, 0.6) is 0 Å². The van der Waals surface area contributed by atoms with E-state index in [4.69, 9.17) is 11.6 Å². The van der Waals surface area contributed by atoms with Gasteiger partial charge >= 0.3 is 0 Å². The van der Waals surface area contributed by atoms with Gasteiger partial charge < -0.3 is 5.32 Å². The van der Waals surface area contributed by atoms with Gasteiger partial charge in [-0.3, -0.25) is 9.10 Å². The first-order valence-corrected chi connectivity index (χ1v) is 11.9. The number of amides is 1. The number of halogens is 1. The van der Waals surface area contributed by atoms with Gasteiger partial charge in [-0.15, -0.1) is 0 Å². The van der Waals surface area contributed by atoms with Crippen molar-refractivity contribution in [1.82, 2.24) is 5.32 Å². The lowest BCUT2D eigenvalue weighted by Gasteiger charge is -2.26. The van der Waals surface area contributed by atoms with E-state index in [-0.39, 0.29) is 17.3 Å². The van der Waals surface area contributed by atoms with Gasteiger partial charge in [-0.2, -0.15) is 0 Å². The van der Waals surface area contributed by atoms with Crippen LogP contribution in [0.3, 0.4) is 0 Å². The summed E-state index contributed by atoms with van der Waals surface area (Å²) < 4.78 is 28.4. The Labute approximate surface area is 188 Å². The molecule has 0 atom stereocenters. The third-order valence-corrected chi connectivity index (χ3v) is 6.86. The predicted octanol–water partition coefficient (Wildman–Crippen LogP) is 5.18. The van der Waals surface area contributed by atoms with Gasteiger partial charge in [0.25, 0.3) is 15.9 Å². The zero-order valence-corrected chi connectivity index (χ0v) is 19.1. The van der Waals surface area contributed by atoms with Crippen LogP contribution in [0.25, 0.3) is 0 Å². The molecule has 0 fully saturated rings. The highest BCUT2D eigenvalue weighted by atomic mass is 35.5. The van der Waals surface area contributed by atoms with Gasteiger partial charge in [0.05, 0.1) is 17.1 Å². The van der Waals surface area contributed by atoms with Crippen molar-refractivity contribution in [2.45, 2.75) is 31.7 Å². The summed E-state index contributed by atoms with van der Waals surface area (Å²) in [5.41, 5.74) is 2.60. The summed E-state index contributed by atoms with van der Waals surface area (Å²) in [6, 6.07) is 20.5. The van der Waals surface area contributed by atoms with E-state index in [1.165, 1.54) is 4.31 Å². The summed E-state index contributed by atoms with van der Waals surface area (Å²) in [6.45, 7) is 4.55. The van der Waals surface area contributed by atoms with Gasteiger partial charge in [0.1, 0.15) is 0 Å². The summed E-state index contributed by atoms with van der Waals surface area (Å²) in [7, 11) is -3.83. The molecule has 162 valence electrons. The molecule has 0 aliphatic rings. The first-order chi connectivity index (χ1) is 14.8. The maximum Gasteiger partial charge on any atom is 0.264 e. The first-order valence-electron chi connectivity index (χ1n) is 10.0. The van der Waals surface area contributed by atoms with Crippen LogP contribution in [0.2, 0.25) is 5.02 Å². The van der Waals surface area contributed by atoms with Crippen molar-refractivity contribution in [1.29, 1.82) is 0 Å². The summed E-state index contributed by atoms with van der Waals surface area (Å²) >= 11 is 6.19. The summed E-state index contributed by atoms with van der Waals surface area (Å²) in [5, 5.41) is 3.29. The monoisotopic (exact) mass is 456 g/mol. The molecule has 31 heavy (non-hydrogen) atoms. The molecule has 1 N–H and O–H groups in total. The second-order valence-electron chi connectivity index (χ2n) is 7.21. The standard InChI is InChI=1S/C24H25ClN2O3S/c1-3-15-26-24(28)20-12-10-19(11-13-20)17-27(23-16-21(25)14-9-18(23)2)31(29,30)22-7-5-4-6-8-22/h4-14,16H,3,15,17H2,1-2H3,(H,26,28). The van der Waals surface area contributed by atoms with Crippen LogP contribution in [0.15, 0.2) is 77.7 Å². The first kappa shape index (κ1) is 22.8. The Morgan fingerprint density at radius 1 is 1.00 bits per heavy atom. The molecule has 0 aromatic heterocycles. The predicted molar refractivity (Wildman–Crippen MR) is 125 cm³/mol. The quantitative estimate of drug-likeness (QED) is 0.507. The number of nitrogens with one attached hydrogen (secondary N) is 1. The maximum atomic E-state index is 13.5. The van der Waals surface area contributed by atoms with Crippen molar-refractivity contribution < 1.29 is 13.2 Å². The number of aryl methyl sites for hydroxylation is 1. The molecule has 0 aliphatic heterocycles. The van der Waals surface area contributed by atoms with Crippen molar-refractivity contribution in [2.24, 2.45) is 0 Å². The molecule has 3 aromatic carbocycles. The number of sulfonamides is 1. The van der Waals surface area contributed by atoms with E-state index in [0.717, 1.165) is 17.5 Å². The van der Waals surface area contributed by atoms with Gasteiger partial charge in [-0.1, -0.05) is 54.9 Å². The second-order valence-corrected chi connectivity index (χ2v) is 9.51. The third-order valence-electron chi connectivity index (χ3n) is 4.85. The summed E-state index contributed by atoms with van der Waals surface area (Å²) in [6.07, 6.45) is 0.856. The Kier molecular flexibility index (Phi) is 7.36. The van der Waals surface area contributed by atoms with Crippen LogP contribution in [0, 0.1) is 6.92 Å². The highest BCUT2D eigenvalue weighted by Gasteiger charge is 2.26. The Morgan fingerprint density at radius 2 is 1.68 bits per heavy atom. The molecular weight excluding hydrogens is 432 g/mol. The molecule has 0 aliphatic carbocycles. The fourth-order valence-electron chi connectivity index (χ4n) is 3.14. The van der Waals surface area contributed by atoms with Crippen LogP contribution in [0.1, 0.15) is 34.8 Å². The number of carbonyl (C=O) groups excluding carboxylic acids is 1. The Hall–Kier alpha value is -2.83. The van der Waals surface area contributed by atoms with Crippen molar-refractivity contribution >= 4 is 33.2 Å². The van der Waals surface area contributed by atoms with Gasteiger partial charge in [0.2, 0.25) is 0 Å². The van der Waals surface area contributed by atoms with Crippen molar-refractivity contribution in [3.63, 3.8) is 0 Å². The van der Waals surface area contributed by atoms with E-state index in [1.807, 2.05) is 13.8 Å². The molecule has 0 unspecified atom stereocenters. The van der Waals surface area contributed by atoms with E-state index >= 15 is 0 Å². The van der Waals surface area contributed by atoms with Gasteiger partial charge in [0, 0.05) is 17.1 Å². The Balaban J connectivity index is 1.98. The molecule has 0 spiro atoms. The number of rotatable bonds is 8. The van der Waals surface area contributed by atoms with Gasteiger partial charge in [-0.05, 0) is 60.9 Å². The highest BCUT2D eigenvalue weighted by Crippen LogP contribution is 2.31. The molecule has 5 nitrogen and oxygen atoms in total. The summed E-state index contributed by atoms with van der Waals surface area (Å²) in [4.78, 5) is 12.4.